The zero-order valence-electron chi connectivity index (χ0n) is 11.4. The normalized spacial score (nSPS) is 26.0. The maximum Gasteiger partial charge on any atom is 0.406 e. The molecule has 116 valence electrons. The van der Waals surface area contributed by atoms with Gasteiger partial charge in [0.2, 0.25) is 0 Å². The molecule has 2 N–H and O–H groups in total. The molecule has 0 saturated carbocycles. The predicted molar refractivity (Wildman–Crippen MR) is 74.4 cm³/mol. The lowest BCUT2D eigenvalue weighted by molar-refractivity contribution is -0.236. The van der Waals surface area contributed by atoms with Crippen molar-refractivity contribution in [3.8, 4) is 0 Å². The Morgan fingerprint density at radius 3 is 2.52 bits per heavy atom. The van der Waals surface area contributed by atoms with Crippen LogP contribution in [-0.2, 0) is 11.2 Å². The lowest BCUT2D eigenvalue weighted by atomic mass is 9.74. The van der Waals surface area contributed by atoms with E-state index in [0.717, 1.165) is 10.5 Å². The summed E-state index contributed by atoms with van der Waals surface area (Å²) in [7, 11) is 0. The van der Waals surface area contributed by atoms with Gasteiger partial charge in [0, 0.05) is 17.4 Å². The van der Waals surface area contributed by atoms with E-state index in [1.54, 1.807) is 23.9 Å². The van der Waals surface area contributed by atoms with Gasteiger partial charge in [-0.15, -0.1) is 11.8 Å². The van der Waals surface area contributed by atoms with Crippen molar-refractivity contribution in [3.05, 3.63) is 29.8 Å². The number of rotatable bonds is 4. The van der Waals surface area contributed by atoms with E-state index in [1.165, 1.54) is 0 Å². The third kappa shape index (κ3) is 2.89. The summed E-state index contributed by atoms with van der Waals surface area (Å²) in [5, 5.41) is 11.8. The Kier molecular flexibility index (Phi) is 4.53. The lowest BCUT2D eigenvalue weighted by Gasteiger charge is -2.32. The number of thioether (sulfide) groups is 1. The minimum Gasteiger partial charge on any atom is -0.481 e. The molecule has 1 aromatic rings. The zero-order chi connectivity index (χ0) is 15.7. The molecule has 21 heavy (non-hydrogen) atoms. The maximum absolute atomic E-state index is 13.3. The summed E-state index contributed by atoms with van der Waals surface area (Å²) in [6.45, 7) is -0.518. The van der Waals surface area contributed by atoms with E-state index in [-0.39, 0.29) is 13.0 Å². The van der Waals surface area contributed by atoms with Crippen LogP contribution in [0.2, 0.25) is 0 Å². The molecular formula is C14H16F3NO2S. The van der Waals surface area contributed by atoms with Gasteiger partial charge < -0.3 is 10.4 Å². The van der Waals surface area contributed by atoms with Crippen molar-refractivity contribution in [2.24, 2.45) is 11.3 Å². The summed E-state index contributed by atoms with van der Waals surface area (Å²) in [5.74, 6) is -2.80. The smallest absolute Gasteiger partial charge is 0.406 e. The van der Waals surface area contributed by atoms with Gasteiger partial charge >= 0.3 is 12.1 Å². The Balaban J connectivity index is 2.26. The first-order valence-electron chi connectivity index (χ1n) is 6.45. The quantitative estimate of drug-likeness (QED) is 0.838. The van der Waals surface area contributed by atoms with Crippen LogP contribution in [0.4, 0.5) is 13.2 Å². The van der Waals surface area contributed by atoms with Gasteiger partial charge in [-0.2, -0.15) is 13.2 Å². The van der Waals surface area contributed by atoms with Gasteiger partial charge in [0.1, 0.15) is 0 Å². The number of nitrogens with one attached hydrogen (secondary N) is 1. The van der Waals surface area contributed by atoms with Gasteiger partial charge in [-0.25, -0.2) is 0 Å². The number of carbonyl (C=O) groups is 1. The van der Waals surface area contributed by atoms with Crippen LogP contribution in [0.1, 0.15) is 5.56 Å². The predicted octanol–water partition coefficient (Wildman–Crippen LogP) is 2.80. The van der Waals surface area contributed by atoms with E-state index in [4.69, 9.17) is 5.11 Å². The van der Waals surface area contributed by atoms with Crippen LogP contribution in [0.3, 0.4) is 0 Å². The van der Waals surface area contributed by atoms with Crippen molar-refractivity contribution in [2.45, 2.75) is 17.5 Å². The summed E-state index contributed by atoms with van der Waals surface area (Å²) < 4.78 is 39.9. The van der Waals surface area contributed by atoms with Crippen LogP contribution < -0.4 is 5.32 Å². The van der Waals surface area contributed by atoms with E-state index in [1.807, 2.05) is 18.4 Å². The molecule has 0 unspecified atom stereocenters. The monoisotopic (exact) mass is 319 g/mol. The Hall–Kier alpha value is -1.21. The highest BCUT2D eigenvalue weighted by atomic mass is 32.2. The molecule has 1 aromatic carbocycles. The number of carboxylic acid groups (broad SMARTS) is 1. The van der Waals surface area contributed by atoms with Crippen molar-refractivity contribution in [2.75, 3.05) is 19.3 Å². The number of benzene rings is 1. The standard InChI is InChI=1S/C14H16F3NO2S/c1-21-11-4-2-9(3-5-11)6-10-7-18-8-13(10,12(19)20)14(15,16)17/h2-5,10,18H,6-8H2,1H3,(H,19,20)/t10-,13-/m1/s1. The average molecular weight is 319 g/mol. The fourth-order valence-electron chi connectivity index (χ4n) is 2.76. The third-order valence-electron chi connectivity index (χ3n) is 4.02. The minimum atomic E-state index is -4.77. The molecule has 1 heterocycles. The van der Waals surface area contributed by atoms with Crippen molar-refractivity contribution in [3.63, 3.8) is 0 Å². The molecule has 1 aliphatic heterocycles. The second kappa shape index (κ2) is 5.88. The first kappa shape index (κ1) is 16.2. The Bertz CT molecular complexity index is 518. The number of alkyl halides is 3. The number of carboxylic acids is 1. The molecule has 3 nitrogen and oxygen atoms in total. The largest absolute Gasteiger partial charge is 0.481 e. The highest BCUT2D eigenvalue weighted by Gasteiger charge is 2.66. The minimum absolute atomic E-state index is 0.0517. The Morgan fingerprint density at radius 2 is 2.05 bits per heavy atom. The van der Waals surface area contributed by atoms with Crippen LogP contribution >= 0.6 is 11.8 Å². The summed E-state index contributed by atoms with van der Waals surface area (Å²) in [4.78, 5) is 12.3. The summed E-state index contributed by atoms with van der Waals surface area (Å²) >= 11 is 1.54. The van der Waals surface area contributed by atoms with Gasteiger partial charge in [-0.1, -0.05) is 12.1 Å². The van der Waals surface area contributed by atoms with E-state index in [0.29, 0.717) is 0 Å². The SMILES string of the molecule is CSc1ccc(C[C@@H]2CNC[C@@]2(C(=O)O)C(F)(F)F)cc1. The number of hydrogen-bond acceptors (Lipinski definition) is 3. The van der Waals surface area contributed by atoms with Crippen molar-refractivity contribution in [1.82, 2.24) is 5.32 Å². The van der Waals surface area contributed by atoms with Crippen LogP contribution in [-0.4, -0.2) is 36.6 Å². The molecular weight excluding hydrogens is 303 g/mol. The van der Waals surface area contributed by atoms with Crippen molar-refractivity contribution in [1.29, 1.82) is 0 Å². The molecule has 0 bridgehead atoms. The van der Waals surface area contributed by atoms with E-state index < -0.39 is 30.0 Å². The van der Waals surface area contributed by atoms with E-state index >= 15 is 0 Å². The van der Waals surface area contributed by atoms with Gasteiger partial charge in [0.15, 0.2) is 5.41 Å². The Morgan fingerprint density at radius 1 is 1.43 bits per heavy atom. The molecule has 0 radical (unpaired) electrons. The molecule has 0 amide bonds. The Labute approximate surface area is 124 Å². The summed E-state index contributed by atoms with van der Waals surface area (Å²) in [5.41, 5.74) is -1.98. The second-order valence-electron chi connectivity index (χ2n) is 5.15. The van der Waals surface area contributed by atoms with Crippen LogP contribution in [0.25, 0.3) is 0 Å². The van der Waals surface area contributed by atoms with Gasteiger partial charge in [0.25, 0.3) is 0 Å². The fourth-order valence-corrected chi connectivity index (χ4v) is 3.17. The fraction of sp³-hybridized carbons (Fsp3) is 0.500. The zero-order valence-corrected chi connectivity index (χ0v) is 12.2. The highest BCUT2D eigenvalue weighted by Crippen LogP contribution is 2.47. The first-order chi connectivity index (χ1) is 9.81. The molecule has 2 rings (SSSR count). The molecule has 1 aliphatic rings. The maximum atomic E-state index is 13.3. The first-order valence-corrected chi connectivity index (χ1v) is 7.67. The van der Waals surface area contributed by atoms with Crippen LogP contribution in [0.15, 0.2) is 29.2 Å². The summed E-state index contributed by atoms with van der Waals surface area (Å²) in [6, 6.07) is 7.18. The van der Waals surface area contributed by atoms with Crippen molar-refractivity contribution < 1.29 is 23.1 Å². The second-order valence-corrected chi connectivity index (χ2v) is 6.03. The number of aliphatic carboxylic acids is 1. The van der Waals surface area contributed by atoms with Crippen molar-refractivity contribution >= 4 is 17.7 Å². The third-order valence-corrected chi connectivity index (χ3v) is 4.76. The molecule has 1 saturated heterocycles. The molecule has 1 fully saturated rings. The molecule has 0 spiro atoms. The summed E-state index contributed by atoms with van der Waals surface area (Å²) in [6.07, 6.45) is -2.77. The van der Waals surface area contributed by atoms with Crippen LogP contribution in [0, 0.1) is 11.3 Å². The molecule has 7 heteroatoms. The molecule has 2 atom stereocenters. The number of halogens is 3. The highest BCUT2D eigenvalue weighted by molar-refractivity contribution is 7.98. The van der Waals surface area contributed by atoms with Gasteiger partial charge in [-0.05, 0) is 36.9 Å². The molecule has 0 aromatic heterocycles. The number of hydrogen-bond donors (Lipinski definition) is 2. The van der Waals surface area contributed by atoms with E-state index in [2.05, 4.69) is 5.32 Å². The van der Waals surface area contributed by atoms with Gasteiger partial charge in [0.05, 0.1) is 0 Å². The molecule has 0 aliphatic carbocycles. The average Bonchev–Trinajstić information content (AvgIpc) is 2.84. The topological polar surface area (TPSA) is 49.3 Å². The van der Waals surface area contributed by atoms with Crippen LogP contribution in [0.5, 0.6) is 0 Å². The lowest BCUT2D eigenvalue weighted by Crippen LogP contribution is -2.51. The van der Waals surface area contributed by atoms with E-state index in [9.17, 15) is 18.0 Å². The van der Waals surface area contributed by atoms with Gasteiger partial charge in [-0.3, -0.25) is 4.79 Å².